The number of nitrogens with one attached hydrogen (secondary N) is 2. The van der Waals surface area contributed by atoms with E-state index in [2.05, 4.69) is 36.5 Å². The SMILES string of the molecule is CCOc1cc(NC(=NC)NCc2cn3cc(Br)ccc3n2)ccc1OC.I. The van der Waals surface area contributed by atoms with E-state index in [0.29, 0.717) is 30.6 Å². The lowest BCUT2D eigenvalue weighted by Crippen LogP contribution is -2.30. The van der Waals surface area contributed by atoms with Gasteiger partial charge in [0.1, 0.15) is 5.65 Å². The van der Waals surface area contributed by atoms with E-state index < -0.39 is 0 Å². The number of halogens is 2. The Morgan fingerprint density at radius 2 is 2.04 bits per heavy atom. The Bertz CT molecular complexity index is 961. The number of nitrogens with zero attached hydrogens (tertiary/aromatic N) is 3. The van der Waals surface area contributed by atoms with Gasteiger partial charge in [0.15, 0.2) is 17.5 Å². The van der Waals surface area contributed by atoms with Gasteiger partial charge in [0.2, 0.25) is 0 Å². The van der Waals surface area contributed by atoms with Gasteiger partial charge in [0.25, 0.3) is 0 Å². The van der Waals surface area contributed by atoms with E-state index in [0.717, 1.165) is 21.5 Å². The van der Waals surface area contributed by atoms with Gasteiger partial charge in [-0.1, -0.05) is 0 Å². The summed E-state index contributed by atoms with van der Waals surface area (Å²) >= 11 is 3.47. The molecule has 0 aliphatic rings. The number of aromatic nitrogens is 2. The number of fused-ring (bicyclic) bond motifs is 1. The fraction of sp³-hybridized carbons (Fsp3) is 0.263. The summed E-state index contributed by atoms with van der Waals surface area (Å²) in [4.78, 5) is 8.85. The first kappa shape index (κ1) is 22.3. The van der Waals surface area contributed by atoms with Crippen molar-refractivity contribution in [3.8, 4) is 11.5 Å². The van der Waals surface area contributed by atoms with Gasteiger partial charge in [-0.3, -0.25) is 4.99 Å². The van der Waals surface area contributed by atoms with Crippen LogP contribution in [0.2, 0.25) is 0 Å². The number of rotatable bonds is 6. The molecule has 2 aromatic heterocycles. The second-order valence-corrected chi connectivity index (χ2v) is 6.61. The standard InChI is InChI=1S/C19H22BrN5O2.HI/c1-4-27-17-9-14(6-7-16(17)26-3)24-19(21-2)22-10-15-12-25-11-13(20)5-8-18(25)23-15;/h5-9,11-12H,4,10H2,1-3H3,(H2,21,22,24);1H. The molecule has 0 aliphatic heterocycles. The van der Waals surface area contributed by atoms with Crippen molar-refractivity contribution in [2.45, 2.75) is 13.5 Å². The molecule has 0 spiro atoms. The second-order valence-electron chi connectivity index (χ2n) is 5.69. The summed E-state index contributed by atoms with van der Waals surface area (Å²) in [6, 6.07) is 9.60. The molecule has 0 atom stereocenters. The fourth-order valence-electron chi connectivity index (χ4n) is 2.62. The molecule has 0 saturated heterocycles. The quantitative estimate of drug-likeness (QED) is 0.267. The Balaban J connectivity index is 0.00000280. The minimum atomic E-state index is 0. The highest BCUT2D eigenvalue weighted by Crippen LogP contribution is 2.30. The van der Waals surface area contributed by atoms with Crippen LogP contribution in [0, 0.1) is 0 Å². The van der Waals surface area contributed by atoms with E-state index in [1.807, 2.05) is 54.0 Å². The first-order valence-electron chi connectivity index (χ1n) is 8.54. The molecule has 3 aromatic rings. The van der Waals surface area contributed by atoms with E-state index >= 15 is 0 Å². The van der Waals surface area contributed by atoms with Crippen LogP contribution in [0.15, 0.2) is 52.2 Å². The number of methoxy groups -OCH3 is 1. The zero-order chi connectivity index (χ0) is 19.2. The molecule has 0 fully saturated rings. The highest BCUT2D eigenvalue weighted by Gasteiger charge is 2.08. The van der Waals surface area contributed by atoms with Crippen molar-refractivity contribution in [1.82, 2.24) is 14.7 Å². The van der Waals surface area contributed by atoms with Gasteiger partial charge < -0.3 is 24.5 Å². The van der Waals surface area contributed by atoms with E-state index in [4.69, 9.17) is 9.47 Å². The minimum Gasteiger partial charge on any atom is -0.493 e. The zero-order valence-corrected chi connectivity index (χ0v) is 19.8. The molecule has 2 heterocycles. The van der Waals surface area contributed by atoms with Crippen LogP contribution in [0.4, 0.5) is 5.69 Å². The number of hydrogen-bond acceptors (Lipinski definition) is 4. The Labute approximate surface area is 189 Å². The maximum absolute atomic E-state index is 5.61. The van der Waals surface area contributed by atoms with Crippen molar-refractivity contribution in [3.63, 3.8) is 0 Å². The third-order valence-electron chi connectivity index (χ3n) is 3.85. The summed E-state index contributed by atoms with van der Waals surface area (Å²) in [6.07, 6.45) is 3.96. The van der Waals surface area contributed by atoms with Crippen molar-refractivity contribution in [2.24, 2.45) is 4.99 Å². The van der Waals surface area contributed by atoms with E-state index in [1.165, 1.54) is 0 Å². The summed E-state index contributed by atoms with van der Waals surface area (Å²) in [5.41, 5.74) is 2.67. The molecule has 0 bridgehead atoms. The number of aliphatic imine (C=N–C) groups is 1. The van der Waals surface area contributed by atoms with Gasteiger partial charge in [-0.25, -0.2) is 4.98 Å². The Morgan fingerprint density at radius 1 is 1.21 bits per heavy atom. The molecule has 0 aliphatic carbocycles. The summed E-state index contributed by atoms with van der Waals surface area (Å²) in [5.74, 6) is 2.02. The van der Waals surface area contributed by atoms with Gasteiger partial charge in [-0.05, 0) is 47.1 Å². The minimum absolute atomic E-state index is 0. The van der Waals surface area contributed by atoms with E-state index in [1.54, 1.807) is 14.2 Å². The molecule has 9 heteroatoms. The number of pyridine rings is 1. The molecular formula is C19H23BrIN5O2. The second kappa shape index (κ2) is 10.5. The van der Waals surface area contributed by atoms with Crippen molar-refractivity contribution < 1.29 is 9.47 Å². The molecular weight excluding hydrogens is 537 g/mol. The maximum atomic E-state index is 5.61. The van der Waals surface area contributed by atoms with Crippen LogP contribution >= 0.6 is 39.9 Å². The molecule has 3 rings (SSSR count). The van der Waals surface area contributed by atoms with Crippen LogP contribution in [-0.2, 0) is 6.54 Å². The zero-order valence-electron chi connectivity index (χ0n) is 15.9. The van der Waals surface area contributed by atoms with Crippen LogP contribution in [0.5, 0.6) is 11.5 Å². The lowest BCUT2D eigenvalue weighted by Gasteiger charge is -2.14. The largest absolute Gasteiger partial charge is 0.493 e. The van der Waals surface area contributed by atoms with Crippen LogP contribution in [0.3, 0.4) is 0 Å². The molecule has 2 N–H and O–H groups in total. The van der Waals surface area contributed by atoms with Gasteiger partial charge in [-0.15, -0.1) is 24.0 Å². The van der Waals surface area contributed by atoms with Crippen molar-refractivity contribution >= 4 is 57.2 Å². The monoisotopic (exact) mass is 559 g/mol. The molecule has 0 saturated carbocycles. The smallest absolute Gasteiger partial charge is 0.195 e. The molecule has 7 nitrogen and oxygen atoms in total. The van der Waals surface area contributed by atoms with E-state index in [-0.39, 0.29) is 24.0 Å². The third kappa shape index (κ3) is 5.51. The Morgan fingerprint density at radius 3 is 2.75 bits per heavy atom. The number of ether oxygens (including phenoxy) is 2. The summed E-state index contributed by atoms with van der Waals surface area (Å²) in [6.45, 7) is 3.05. The number of benzene rings is 1. The Hall–Kier alpha value is -2.01. The predicted molar refractivity (Wildman–Crippen MR) is 126 cm³/mol. The fourth-order valence-corrected chi connectivity index (χ4v) is 2.97. The van der Waals surface area contributed by atoms with Gasteiger partial charge >= 0.3 is 0 Å². The molecule has 0 radical (unpaired) electrons. The molecule has 150 valence electrons. The number of anilines is 1. The van der Waals surface area contributed by atoms with Gasteiger partial charge in [0.05, 0.1) is 26.0 Å². The lowest BCUT2D eigenvalue weighted by molar-refractivity contribution is 0.311. The normalized spacial score (nSPS) is 11.1. The number of imidazole rings is 1. The predicted octanol–water partition coefficient (Wildman–Crippen LogP) is 4.31. The van der Waals surface area contributed by atoms with E-state index in [9.17, 15) is 0 Å². The average Bonchev–Trinajstić information content (AvgIpc) is 3.07. The van der Waals surface area contributed by atoms with Crippen molar-refractivity contribution in [1.29, 1.82) is 0 Å². The highest BCUT2D eigenvalue weighted by atomic mass is 127. The van der Waals surface area contributed by atoms with Gasteiger partial charge in [0, 0.05) is 35.7 Å². The van der Waals surface area contributed by atoms with Crippen molar-refractivity contribution in [3.05, 3.63) is 52.9 Å². The molecule has 28 heavy (non-hydrogen) atoms. The van der Waals surface area contributed by atoms with Crippen LogP contribution in [-0.4, -0.2) is 36.1 Å². The molecule has 0 amide bonds. The first-order valence-corrected chi connectivity index (χ1v) is 9.34. The topological polar surface area (TPSA) is 72.2 Å². The molecule has 0 unspecified atom stereocenters. The molecule has 1 aromatic carbocycles. The third-order valence-corrected chi connectivity index (χ3v) is 4.32. The number of hydrogen-bond donors (Lipinski definition) is 2. The Kier molecular flexibility index (Phi) is 8.36. The van der Waals surface area contributed by atoms with Crippen LogP contribution in [0.25, 0.3) is 5.65 Å². The maximum Gasteiger partial charge on any atom is 0.195 e. The summed E-state index contributed by atoms with van der Waals surface area (Å²) in [7, 11) is 3.35. The number of guanidine groups is 1. The average molecular weight is 560 g/mol. The van der Waals surface area contributed by atoms with Gasteiger partial charge in [-0.2, -0.15) is 0 Å². The first-order chi connectivity index (χ1) is 13.1. The lowest BCUT2D eigenvalue weighted by atomic mass is 10.2. The van der Waals surface area contributed by atoms with Crippen LogP contribution in [0.1, 0.15) is 12.6 Å². The van der Waals surface area contributed by atoms with Crippen molar-refractivity contribution in [2.75, 3.05) is 26.1 Å². The summed E-state index contributed by atoms with van der Waals surface area (Å²) in [5, 5.41) is 6.52. The van der Waals surface area contributed by atoms with Crippen LogP contribution < -0.4 is 20.1 Å². The summed E-state index contributed by atoms with van der Waals surface area (Å²) < 4.78 is 13.9. The highest BCUT2D eigenvalue weighted by molar-refractivity contribution is 14.0.